The molecule has 2 aliphatic heterocycles. The summed E-state index contributed by atoms with van der Waals surface area (Å²) in [4.78, 5) is 11.5. The normalized spacial score (nSPS) is 26.3. The quantitative estimate of drug-likeness (QED) is 0.405. The van der Waals surface area contributed by atoms with Crippen molar-refractivity contribution in [2.45, 2.75) is 51.4 Å². The molecule has 0 bridgehead atoms. The van der Waals surface area contributed by atoms with Crippen LogP contribution in [0.2, 0.25) is 0 Å². The van der Waals surface area contributed by atoms with Crippen LogP contribution in [-0.4, -0.2) is 18.4 Å². The van der Waals surface area contributed by atoms with Gasteiger partial charge in [0, 0.05) is 6.42 Å². The first-order valence-corrected chi connectivity index (χ1v) is 6.15. The van der Waals surface area contributed by atoms with E-state index < -0.39 is 12.3 Å². The van der Waals surface area contributed by atoms with E-state index in [0.29, 0.717) is 12.2 Å². The van der Waals surface area contributed by atoms with Gasteiger partial charge in [0.15, 0.2) is 11.9 Å². The number of rotatable bonds is 6. The molecule has 94 valence electrons. The highest BCUT2D eigenvalue weighted by molar-refractivity contribution is 5.90. The molecule has 0 spiro atoms. The lowest BCUT2D eigenvalue weighted by Gasteiger charge is -2.16. The van der Waals surface area contributed by atoms with E-state index >= 15 is 0 Å². The van der Waals surface area contributed by atoms with Crippen LogP contribution in [-0.2, 0) is 19.0 Å². The minimum atomic E-state index is -0.404. The maximum atomic E-state index is 11.5. The summed E-state index contributed by atoms with van der Waals surface area (Å²) in [6.45, 7) is 5.76. The van der Waals surface area contributed by atoms with Gasteiger partial charge in [-0.3, -0.25) is 0 Å². The third-order valence-electron chi connectivity index (χ3n) is 2.89. The summed E-state index contributed by atoms with van der Waals surface area (Å²) in [6, 6.07) is 0. The predicted molar refractivity (Wildman–Crippen MR) is 61.8 cm³/mol. The maximum absolute atomic E-state index is 11.5. The summed E-state index contributed by atoms with van der Waals surface area (Å²) in [5.41, 5.74) is 0. The van der Waals surface area contributed by atoms with Crippen LogP contribution in [0.3, 0.4) is 0 Å². The zero-order valence-corrected chi connectivity index (χ0v) is 10.1. The van der Waals surface area contributed by atoms with Crippen LogP contribution in [0.15, 0.2) is 24.2 Å². The zero-order valence-electron chi connectivity index (χ0n) is 10.1. The van der Waals surface area contributed by atoms with Gasteiger partial charge < -0.3 is 14.2 Å². The van der Waals surface area contributed by atoms with Crippen molar-refractivity contribution in [1.29, 1.82) is 0 Å². The van der Waals surface area contributed by atoms with Crippen LogP contribution >= 0.6 is 0 Å². The third kappa shape index (κ3) is 2.46. The average Bonchev–Trinajstić information content (AvgIpc) is 2.82. The molecule has 0 amide bonds. The number of cyclic esters (lactones) is 1. The van der Waals surface area contributed by atoms with Crippen molar-refractivity contribution < 1.29 is 19.0 Å². The second-order valence-electron chi connectivity index (χ2n) is 4.27. The van der Waals surface area contributed by atoms with Crippen molar-refractivity contribution in [3.63, 3.8) is 0 Å². The van der Waals surface area contributed by atoms with Crippen molar-refractivity contribution in [2.75, 3.05) is 0 Å². The Hall–Kier alpha value is -1.45. The number of hydrogen-bond donors (Lipinski definition) is 0. The van der Waals surface area contributed by atoms with E-state index in [9.17, 15) is 4.79 Å². The summed E-state index contributed by atoms with van der Waals surface area (Å²) in [6.07, 6.45) is 5.74. The molecule has 2 unspecified atom stereocenters. The van der Waals surface area contributed by atoms with Crippen LogP contribution in [0.4, 0.5) is 0 Å². The van der Waals surface area contributed by atoms with Crippen LogP contribution in [0.1, 0.15) is 39.0 Å². The molecule has 4 nitrogen and oxygen atoms in total. The Bertz CT molecular complexity index is 345. The molecule has 0 aliphatic carbocycles. The van der Waals surface area contributed by atoms with E-state index in [1.165, 1.54) is 0 Å². The number of hydrogen-bond acceptors (Lipinski definition) is 4. The first-order valence-electron chi connectivity index (χ1n) is 6.15. The summed E-state index contributed by atoms with van der Waals surface area (Å²) in [7, 11) is 0. The summed E-state index contributed by atoms with van der Waals surface area (Å²) in [5.74, 6) is 0.448. The molecule has 2 aliphatic rings. The van der Waals surface area contributed by atoms with E-state index in [2.05, 4.69) is 13.5 Å². The number of ether oxygens (including phenoxy) is 3. The van der Waals surface area contributed by atoms with E-state index in [0.717, 1.165) is 25.7 Å². The summed E-state index contributed by atoms with van der Waals surface area (Å²) < 4.78 is 16.2. The van der Waals surface area contributed by atoms with Gasteiger partial charge in [0.25, 0.3) is 5.76 Å². The van der Waals surface area contributed by atoms with Crippen molar-refractivity contribution in [3.8, 4) is 0 Å². The molecular weight excluding hydrogens is 220 g/mol. The fraction of sp³-hybridized carbons (Fsp3) is 0.615. The SMILES string of the molecule is C=CCC1OC2=C(O1)C(CCCCC)OC2=O. The smallest absolute Gasteiger partial charge is 0.378 e. The van der Waals surface area contributed by atoms with Crippen LogP contribution in [0.5, 0.6) is 0 Å². The molecule has 0 aromatic carbocycles. The molecule has 2 atom stereocenters. The Labute approximate surface area is 101 Å². The van der Waals surface area contributed by atoms with Gasteiger partial charge in [-0.1, -0.05) is 25.8 Å². The maximum Gasteiger partial charge on any atom is 0.378 e. The Morgan fingerprint density at radius 2 is 2.12 bits per heavy atom. The van der Waals surface area contributed by atoms with Gasteiger partial charge in [0.1, 0.15) is 0 Å². The highest BCUT2D eigenvalue weighted by Gasteiger charge is 2.44. The minimum absolute atomic E-state index is 0.251. The Balaban J connectivity index is 1.93. The van der Waals surface area contributed by atoms with Gasteiger partial charge in [0.2, 0.25) is 6.29 Å². The lowest BCUT2D eigenvalue weighted by atomic mass is 10.1. The fourth-order valence-electron chi connectivity index (χ4n) is 2.02. The highest BCUT2D eigenvalue weighted by atomic mass is 16.7. The number of carbonyl (C=O) groups is 1. The lowest BCUT2D eigenvalue weighted by molar-refractivity contribution is -0.152. The standard InChI is InChI=1S/C13H18O4/c1-3-5-6-8-9-11-12(13(14)15-9)17-10(16-11)7-4-2/h4,9-10H,2-3,5-8H2,1H3. The van der Waals surface area contributed by atoms with E-state index in [-0.39, 0.29) is 11.9 Å². The third-order valence-corrected chi connectivity index (χ3v) is 2.89. The number of esters is 1. The monoisotopic (exact) mass is 238 g/mol. The first-order chi connectivity index (χ1) is 8.26. The van der Waals surface area contributed by atoms with Crippen LogP contribution in [0.25, 0.3) is 0 Å². The lowest BCUT2D eigenvalue weighted by Crippen LogP contribution is -2.19. The van der Waals surface area contributed by atoms with Gasteiger partial charge in [-0.05, 0) is 12.8 Å². The van der Waals surface area contributed by atoms with E-state index in [1.807, 2.05) is 0 Å². The second-order valence-corrected chi connectivity index (χ2v) is 4.27. The minimum Gasteiger partial charge on any atom is -0.451 e. The molecule has 17 heavy (non-hydrogen) atoms. The molecule has 0 radical (unpaired) electrons. The molecule has 0 saturated heterocycles. The van der Waals surface area contributed by atoms with Gasteiger partial charge in [0.05, 0.1) is 0 Å². The molecule has 2 rings (SSSR count). The highest BCUT2D eigenvalue weighted by Crippen LogP contribution is 2.35. The zero-order chi connectivity index (χ0) is 12.3. The summed E-state index contributed by atoms with van der Waals surface area (Å²) >= 11 is 0. The molecular formula is C13H18O4. The van der Waals surface area contributed by atoms with Crippen LogP contribution in [0, 0.1) is 0 Å². The molecule has 0 fully saturated rings. The van der Waals surface area contributed by atoms with E-state index in [1.54, 1.807) is 6.08 Å². The topological polar surface area (TPSA) is 44.8 Å². The Kier molecular flexibility index (Phi) is 3.71. The molecule has 4 heteroatoms. The molecule has 0 aromatic rings. The number of carbonyl (C=O) groups excluding carboxylic acids is 1. The predicted octanol–water partition coefficient (Wildman–Crippen LogP) is 2.65. The number of unbranched alkanes of at least 4 members (excludes halogenated alkanes) is 2. The van der Waals surface area contributed by atoms with Crippen molar-refractivity contribution in [1.82, 2.24) is 0 Å². The molecule has 2 heterocycles. The van der Waals surface area contributed by atoms with Gasteiger partial charge in [-0.2, -0.15) is 0 Å². The van der Waals surface area contributed by atoms with Gasteiger partial charge in [-0.15, -0.1) is 6.58 Å². The van der Waals surface area contributed by atoms with Crippen LogP contribution < -0.4 is 0 Å². The Morgan fingerprint density at radius 3 is 2.82 bits per heavy atom. The Morgan fingerprint density at radius 1 is 1.29 bits per heavy atom. The molecule has 0 saturated carbocycles. The van der Waals surface area contributed by atoms with Gasteiger partial charge in [-0.25, -0.2) is 4.79 Å². The van der Waals surface area contributed by atoms with Crippen molar-refractivity contribution >= 4 is 5.97 Å². The molecule has 0 aromatic heterocycles. The average molecular weight is 238 g/mol. The van der Waals surface area contributed by atoms with Gasteiger partial charge >= 0.3 is 5.97 Å². The fourth-order valence-corrected chi connectivity index (χ4v) is 2.02. The van der Waals surface area contributed by atoms with E-state index in [4.69, 9.17) is 14.2 Å². The first kappa shape index (κ1) is 12.0. The molecule has 0 N–H and O–H groups in total. The summed E-state index contributed by atoms with van der Waals surface area (Å²) in [5, 5.41) is 0. The van der Waals surface area contributed by atoms with Crippen molar-refractivity contribution in [2.24, 2.45) is 0 Å². The second kappa shape index (κ2) is 5.25. The largest absolute Gasteiger partial charge is 0.451 e. The van der Waals surface area contributed by atoms with Crippen molar-refractivity contribution in [3.05, 3.63) is 24.2 Å².